The number of carbonyl (C=O) groups is 2. The first-order valence-electron chi connectivity index (χ1n) is 9.93. The van der Waals surface area contributed by atoms with Crippen molar-refractivity contribution >= 4 is 23.3 Å². The number of amides is 1. The number of carbonyl (C=O) groups excluding carboxylic acids is 2. The maximum absolute atomic E-state index is 12.8. The molecule has 1 aliphatic rings. The van der Waals surface area contributed by atoms with Crippen LogP contribution in [0.15, 0.2) is 66.7 Å². The van der Waals surface area contributed by atoms with E-state index in [9.17, 15) is 9.59 Å². The molecular formula is C25H23ClN2O2. The van der Waals surface area contributed by atoms with Gasteiger partial charge in [0.15, 0.2) is 5.78 Å². The van der Waals surface area contributed by atoms with Crippen LogP contribution in [-0.4, -0.2) is 22.6 Å². The van der Waals surface area contributed by atoms with Gasteiger partial charge < -0.3 is 10.6 Å². The number of nitrogens with zero attached hydrogens (tertiary/aromatic N) is 1. The Hall–Kier alpha value is -2.95. The molecule has 3 aromatic rings. The van der Waals surface area contributed by atoms with E-state index in [-0.39, 0.29) is 11.7 Å². The first kappa shape index (κ1) is 20.3. The summed E-state index contributed by atoms with van der Waals surface area (Å²) in [6, 6.07) is 20.6. The second-order valence-corrected chi connectivity index (χ2v) is 8.12. The van der Waals surface area contributed by atoms with Crippen LogP contribution in [0.4, 0.5) is 0 Å². The number of halogens is 1. The number of rotatable bonds is 5. The minimum atomic E-state index is -0.649. The van der Waals surface area contributed by atoms with Crippen molar-refractivity contribution in [1.82, 2.24) is 4.90 Å². The zero-order chi connectivity index (χ0) is 21.3. The Morgan fingerprint density at radius 1 is 0.967 bits per heavy atom. The molecule has 4 nitrogen and oxygen atoms in total. The fourth-order valence-electron chi connectivity index (χ4n) is 3.86. The molecule has 4 rings (SSSR count). The van der Waals surface area contributed by atoms with Gasteiger partial charge in [-0.3, -0.25) is 9.59 Å². The number of benzene rings is 3. The highest BCUT2D eigenvalue weighted by atomic mass is 35.5. The highest BCUT2D eigenvalue weighted by Crippen LogP contribution is 2.28. The molecule has 1 atom stereocenters. The zero-order valence-electron chi connectivity index (χ0n) is 16.8. The topological polar surface area (TPSA) is 63.4 Å². The van der Waals surface area contributed by atoms with Crippen LogP contribution in [0.1, 0.15) is 34.0 Å². The smallest absolute Gasteiger partial charge is 0.240 e. The second-order valence-electron chi connectivity index (χ2n) is 7.72. The SMILES string of the molecule is CC(=O)c1cccc(-c2ccc(CC(N)C(=O)N3Cc4ccccc4C3)c(Cl)c2)c1. The van der Waals surface area contributed by atoms with Gasteiger partial charge in [0.25, 0.3) is 0 Å². The van der Waals surface area contributed by atoms with Gasteiger partial charge >= 0.3 is 0 Å². The Kier molecular flexibility index (Phi) is 5.71. The zero-order valence-corrected chi connectivity index (χ0v) is 17.5. The molecule has 0 saturated heterocycles. The van der Waals surface area contributed by atoms with Gasteiger partial charge in [-0.25, -0.2) is 0 Å². The number of nitrogens with two attached hydrogens (primary N) is 1. The molecule has 1 aliphatic heterocycles. The first-order chi connectivity index (χ1) is 14.4. The van der Waals surface area contributed by atoms with E-state index in [1.54, 1.807) is 17.9 Å². The highest BCUT2D eigenvalue weighted by molar-refractivity contribution is 6.31. The maximum atomic E-state index is 12.8. The maximum Gasteiger partial charge on any atom is 0.240 e. The minimum Gasteiger partial charge on any atom is -0.333 e. The molecule has 5 heteroatoms. The van der Waals surface area contributed by atoms with Gasteiger partial charge in [-0.1, -0.05) is 66.2 Å². The third-order valence-corrected chi connectivity index (χ3v) is 5.92. The van der Waals surface area contributed by atoms with Gasteiger partial charge in [0, 0.05) is 23.7 Å². The van der Waals surface area contributed by atoms with Crippen molar-refractivity contribution in [3.63, 3.8) is 0 Å². The van der Waals surface area contributed by atoms with Crippen LogP contribution >= 0.6 is 11.6 Å². The van der Waals surface area contributed by atoms with Crippen molar-refractivity contribution < 1.29 is 9.59 Å². The van der Waals surface area contributed by atoms with Gasteiger partial charge in [-0.05, 0) is 53.3 Å². The van der Waals surface area contributed by atoms with Crippen LogP contribution < -0.4 is 5.73 Å². The molecule has 152 valence electrons. The Balaban J connectivity index is 1.47. The van der Waals surface area contributed by atoms with E-state index in [2.05, 4.69) is 0 Å². The summed E-state index contributed by atoms with van der Waals surface area (Å²) >= 11 is 6.52. The van der Waals surface area contributed by atoms with Gasteiger partial charge in [0.2, 0.25) is 5.91 Å². The predicted octanol–water partition coefficient (Wildman–Crippen LogP) is 4.62. The van der Waals surface area contributed by atoms with Crippen LogP contribution in [0.2, 0.25) is 5.02 Å². The number of fused-ring (bicyclic) bond motifs is 1. The van der Waals surface area contributed by atoms with Crippen LogP contribution in [0.5, 0.6) is 0 Å². The van der Waals surface area contributed by atoms with E-state index >= 15 is 0 Å². The molecule has 0 aromatic heterocycles. The Labute approximate surface area is 181 Å². The molecule has 30 heavy (non-hydrogen) atoms. The highest BCUT2D eigenvalue weighted by Gasteiger charge is 2.27. The summed E-state index contributed by atoms with van der Waals surface area (Å²) in [6.07, 6.45) is 0.373. The molecule has 0 bridgehead atoms. The summed E-state index contributed by atoms with van der Waals surface area (Å²) in [7, 11) is 0. The van der Waals surface area contributed by atoms with Crippen molar-refractivity contribution in [3.8, 4) is 11.1 Å². The van der Waals surface area contributed by atoms with Crippen molar-refractivity contribution in [2.24, 2.45) is 5.73 Å². The van der Waals surface area contributed by atoms with E-state index in [0.29, 0.717) is 30.1 Å². The van der Waals surface area contributed by atoms with Crippen LogP contribution in [0, 0.1) is 0 Å². The van der Waals surface area contributed by atoms with E-state index in [0.717, 1.165) is 16.7 Å². The summed E-state index contributed by atoms with van der Waals surface area (Å²) < 4.78 is 0. The van der Waals surface area contributed by atoms with Crippen LogP contribution in [0.3, 0.4) is 0 Å². The lowest BCUT2D eigenvalue weighted by atomic mass is 9.98. The molecule has 0 aliphatic carbocycles. The second kappa shape index (κ2) is 8.42. The molecule has 0 saturated carbocycles. The fraction of sp³-hybridized carbons (Fsp3) is 0.200. The fourth-order valence-corrected chi connectivity index (χ4v) is 4.12. The third kappa shape index (κ3) is 4.16. The quantitative estimate of drug-likeness (QED) is 0.615. The molecule has 0 radical (unpaired) electrons. The largest absolute Gasteiger partial charge is 0.333 e. The lowest BCUT2D eigenvalue weighted by molar-refractivity contribution is -0.133. The molecule has 1 amide bonds. The molecule has 3 aromatic carbocycles. The molecule has 0 fully saturated rings. The van der Waals surface area contributed by atoms with Crippen molar-refractivity contribution in [2.45, 2.75) is 32.5 Å². The molecule has 1 unspecified atom stereocenters. The lowest BCUT2D eigenvalue weighted by Crippen LogP contribution is -2.42. The monoisotopic (exact) mass is 418 g/mol. The Morgan fingerprint density at radius 3 is 2.27 bits per heavy atom. The number of hydrogen-bond donors (Lipinski definition) is 1. The molecule has 2 N–H and O–H groups in total. The lowest BCUT2D eigenvalue weighted by Gasteiger charge is -2.21. The van der Waals surface area contributed by atoms with E-state index in [4.69, 9.17) is 17.3 Å². The average molecular weight is 419 g/mol. The summed E-state index contributed by atoms with van der Waals surface area (Å²) in [4.78, 5) is 26.3. The van der Waals surface area contributed by atoms with Crippen molar-refractivity contribution in [3.05, 3.63) is 94.0 Å². The Morgan fingerprint density at radius 2 is 1.63 bits per heavy atom. The van der Waals surface area contributed by atoms with E-state index < -0.39 is 6.04 Å². The first-order valence-corrected chi connectivity index (χ1v) is 10.3. The van der Waals surface area contributed by atoms with Crippen LogP contribution in [0.25, 0.3) is 11.1 Å². The van der Waals surface area contributed by atoms with Gasteiger partial charge in [-0.2, -0.15) is 0 Å². The summed E-state index contributed by atoms with van der Waals surface area (Å²) in [5, 5.41) is 0.564. The van der Waals surface area contributed by atoms with Crippen molar-refractivity contribution in [2.75, 3.05) is 0 Å². The summed E-state index contributed by atoms with van der Waals surface area (Å²) in [5.41, 5.74) is 11.9. The minimum absolute atomic E-state index is 0.0214. The molecular weight excluding hydrogens is 396 g/mol. The summed E-state index contributed by atoms with van der Waals surface area (Å²) in [6.45, 7) is 2.75. The number of ketones is 1. The number of Topliss-reactive ketones (excluding diaryl/α,β-unsaturated/α-hetero) is 1. The predicted molar refractivity (Wildman–Crippen MR) is 119 cm³/mol. The van der Waals surface area contributed by atoms with Gasteiger partial charge in [-0.15, -0.1) is 0 Å². The molecule has 1 heterocycles. The normalized spacial score (nSPS) is 13.8. The van der Waals surface area contributed by atoms with Crippen LogP contribution in [-0.2, 0) is 24.3 Å². The number of hydrogen-bond acceptors (Lipinski definition) is 3. The summed E-state index contributed by atoms with van der Waals surface area (Å²) in [5.74, 6) is -0.0476. The van der Waals surface area contributed by atoms with Gasteiger partial charge in [0.05, 0.1) is 6.04 Å². The van der Waals surface area contributed by atoms with Gasteiger partial charge in [0.1, 0.15) is 0 Å². The molecule has 0 spiro atoms. The standard InChI is InChI=1S/C25H23ClN2O2/c1-16(29)17-7-4-8-18(11-17)19-9-10-20(23(26)12-19)13-24(27)25(30)28-14-21-5-2-3-6-22(21)15-28/h2-12,24H,13-15,27H2,1H3. The van der Waals surface area contributed by atoms with E-state index in [1.165, 1.54) is 11.1 Å². The van der Waals surface area contributed by atoms with Crippen molar-refractivity contribution in [1.29, 1.82) is 0 Å². The average Bonchev–Trinajstić information content (AvgIpc) is 3.19. The Bertz CT molecular complexity index is 1100. The third-order valence-electron chi connectivity index (χ3n) is 5.56. The van der Waals surface area contributed by atoms with E-state index in [1.807, 2.05) is 60.7 Å².